The molecule has 1 aliphatic heterocycles. The predicted molar refractivity (Wildman–Crippen MR) is 130 cm³/mol. The van der Waals surface area contributed by atoms with Crippen LogP contribution >= 0.6 is 0 Å². The Hall–Kier alpha value is -3.68. The first kappa shape index (κ1) is 23.1. The third kappa shape index (κ3) is 5.06. The Morgan fingerprint density at radius 3 is 2.74 bits per heavy atom. The number of pyridine rings is 1. The van der Waals surface area contributed by atoms with Crippen LogP contribution < -0.4 is 19.8 Å². The van der Waals surface area contributed by atoms with Crippen LogP contribution in [0.5, 0.6) is 17.8 Å². The number of aromatic amines is 1. The van der Waals surface area contributed by atoms with Crippen molar-refractivity contribution in [1.82, 2.24) is 15.0 Å². The number of nitrogens with one attached hydrogen (secondary N) is 1. The topological polar surface area (TPSA) is 103 Å². The van der Waals surface area contributed by atoms with Crippen molar-refractivity contribution < 1.29 is 19.0 Å². The molecule has 2 aliphatic rings. The van der Waals surface area contributed by atoms with Gasteiger partial charge < -0.3 is 14.2 Å². The number of methoxy groups -OCH3 is 1. The summed E-state index contributed by atoms with van der Waals surface area (Å²) in [6, 6.07) is 11.6. The lowest BCUT2D eigenvalue weighted by Gasteiger charge is -2.34. The lowest BCUT2D eigenvalue weighted by Crippen LogP contribution is -2.31. The molecule has 1 saturated carbocycles. The van der Waals surface area contributed by atoms with Gasteiger partial charge in [-0.3, -0.25) is 14.6 Å². The van der Waals surface area contributed by atoms with Crippen molar-refractivity contribution in [2.75, 3.05) is 7.11 Å². The summed E-state index contributed by atoms with van der Waals surface area (Å²) in [5.41, 5.74) is 2.97. The molecule has 0 amide bonds. The molecular weight excluding hydrogens is 446 g/mol. The van der Waals surface area contributed by atoms with E-state index in [1.165, 1.54) is 19.3 Å². The molecule has 35 heavy (non-hydrogen) atoms. The minimum absolute atomic E-state index is 0.0331. The first-order valence-corrected chi connectivity index (χ1v) is 12.1. The number of hydrogen-bond donors (Lipinski definition) is 1. The molecule has 1 fully saturated rings. The summed E-state index contributed by atoms with van der Waals surface area (Å²) in [6.07, 6.45) is 6.46. The zero-order chi connectivity index (χ0) is 24.4. The Bertz CT molecular complexity index is 1270. The molecule has 0 spiro atoms. The largest absolute Gasteiger partial charge is 0.481 e. The fourth-order valence-corrected chi connectivity index (χ4v) is 4.92. The molecule has 0 radical (unpaired) electrons. The van der Waals surface area contributed by atoms with Crippen molar-refractivity contribution in [2.24, 2.45) is 11.8 Å². The van der Waals surface area contributed by atoms with Crippen molar-refractivity contribution in [2.45, 2.75) is 51.6 Å². The van der Waals surface area contributed by atoms with E-state index >= 15 is 0 Å². The Morgan fingerprint density at radius 1 is 1.17 bits per heavy atom. The number of rotatable bonds is 8. The van der Waals surface area contributed by atoms with Crippen LogP contribution in [-0.4, -0.2) is 28.0 Å². The fourth-order valence-electron chi connectivity index (χ4n) is 4.92. The molecular formula is C27H29N3O5. The summed E-state index contributed by atoms with van der Waals surface area (Å²) >= 11 is 0. The van der Waals surface area contributed by atoms with Crippen LogP contribution in [0.25, 0.3) is 11.1 Å². The molecule has 8 heteroatoms. The quantitative estimate of drug-likeness (QED) is 0.474. The van der Waals surface area contributed by atoms with Crippen LogP contribution in [0.2, 0.25) is 0 Å². The standard InChI is InChI=1S/C27H29N3O5/c1-16(18-6-4-7-18)11-21-13-23(31)35-26-24(21)25(32)29-27(30-26)34-15-17-5-3-8-19(12-17)20-9-10-22(33-2)28-14-20/h3,5,8-10,12,14,16,18,21H,4,6-7,11,13,15H2,1-2H3,(H,29,30,32). The molecule has 1 N–H and O–H groups in total. The van der Waals surface area contributed by atoms with Gasteiger partial charge in [-0.2, -0.15) is 4.98 Å². The lowest BCUT2D eigenvalue weighted by molar-refractivity contribution is -0.136. The molecule has 1 aliphatic carbocycles. The summed E-state index contributed by atoms with van der Waals surface area (Å²) in [5.74, 6) is 1.22. The molecule has 2 aromatic heterocycles. The number of carbonyl (C=O) groups excluding carboxylic acids is 1. The highest BCUT2D eigenvalue weighted by Crippen LogP contribution is 2.41. The molecule has 0 saturated heterocycles. The maximum absolute atomic E-state index is 13.0. The third-order valence-electron chi connectivity index (χ3n) is 7.12. The average molecular weight is 476 g/mol. The van der Waals surface area contributed by atoms with Crippen molar-refractivity contribution in [1.29, 1.82) is 0 Å². The highest BCUT2D eigenvalue weighted by atomic mass is 16.5. The highest BCUT2D eigenvalue weighted by molar-refractivity contribution is 5.75. The monoisotopic (exact) mass is 475 g/mol. The summed E-state index contributed by atoms with van der Waals surface area (Å²) in [5, 5.41) is 0. The molecule has 2 atom stereocenters. The van der Waals surface area contributed by atoms with E-state index in [2.05, 4.69) is 21.9 Å². The fraction of sp³-hybridized carbons (Fsp3) is 0.407. The number of aromatic nitrogens is 3. The van der Waals surface area contributed by atoms with Crippen molar-refractivity contribution in [3.05, 3.63) is 64.1 Å². The van der Waals surface area contributed by atoms with Crippen LogP contribution in [0.1, 0.15) is 56.1 Å². The van der Waals surface area contributed by atoms with Crippen molar-refractivity contribution >= 4 is 5.97 Å². The summed E-state index contributed by atoms with van der Waals surface area (Å²) in [4.78, 5) is 36.5. The van der Waals surface area contributed by atoms with E-state index in [1.54, 1.807) is 13.3 Å². The van der Waals surface area contributed by atoms with E-state index in [4.69, 9.17) is 14.2 Å². The molecule has 8 nitrogen and oxygen atoms in total. The van der Waals surface area contributed by atoms with Gasteiger partial charge in [-0.05, 0) is 41.5 Å². The van der Waals surface area contributed by atoms with E-state index < -0.39 is 0 Å². The van der Waals surface area contributed by atoms with Gasteiger partial charge in [-0.25, -0.2) is 4.98 Å². The molecule has 2 unspecified atom stereocenters. The Balaban J connectivity index is 1.31. The smallest absolute Gasteiger partial charge is 0.313 e. The summed E-state index contributed by atoms with van der Waals surface area (Å²) in [6.45, 7) is 2.40. The van der Waals surface area contributed by atoms with Crippen molar-refractivity contribution in [3.8, 4) is 28.9 Å². The molecule has 1 aromatic carbocycles. The number of carbonyl (C=O) groups is 1. The molecule has 5 rings (SSSR count). The van der Waals surface area contributed by atoms with Gasteiger partial charge in [0.1, 0.15) is 6.61 Å². The maximum atomic E-state index is 13.0. The van der Waals surface area contributed by atoms with Crippen LogP contribution in [0.4, 0.5) is 0 Å². The van der Waals surface area contributed by atoms with Crippen LogP contribution in [0.15, 0.2) is 47.4 Å². The lowest BCUT2D eigenvalue weighted by atomic mass is 9.72. The predicted octanol–water partition coefficient (Wildman–Crippen LogP) is 4.64. The number of esters is 1. The Labute approximate surface area is 203 Å². The van der Waals surface area contributed by atoms with Gasteiger partial charge in [0.15, 0.2) is 0 Å². The number of nitrogens with zero attached hydrogens (tertiary/aromatic N) is 2. The second-order valence-corrected chi connectivity index (χ2v) is 9.45. The van der Waals surface area contributed by atoms with Gasteiger partial charge in [0.25, 0.3) is 11.6 Å². The molecule has 0 bridgehead atoms. The third-order valence-corrected chi connectivity index (χ3v) is 7.12. The highest BCUT2D eigenvalue weighted by Gasteiger charge is 2.35. The van der Waals surface area contributed by atoms with Gasteiger partial charge in [0, 0.05) is 23.7 Å². The maximum Gasteiger partial charge on any atom is 0.313 e. The number of fused-ring (bicyclic) bond motifs is 1. The molecule has 182 valence electrons. The SMILES string of the molecule is COc1ccc(-c2cccc(COc3nc4c(c(=O)[nH]3)C(CC(C)C3CCC3)CC(=O)O4)c2)cn1. The van der Waals surface area contributed by atoms with Gasteiger partial charge in [0.2, 0.25) is 11.8 Å². The average Bonchev–Trinajstić information content (AvgIpc) is 2.81. The van der Waals surface area contributed by atoms with Gasteiger partial charge in [0.05, 0.1) is 19.1 Å². The van der Waals surface area contributed by atoms with E-state index in [9.17, 15) is 9.59 Å². The zero-order valence-corrected chi connectivity index (χ0v) is 20.0. The minimum atomic E-state index is -0.354. The van der Waals surface area contributed by atoms with E-state index in [1.807, 2.05) is 36.4 Å². The van der Waals surface area contributed by atoms with Gasteiger partial charge in [-0.1, -0.05) is 44.4 Å². The summed E-state index contributed by atoms with van der Waals surface area (Å²) in [7, 11) is 1.58. The van der Waals surface area contributed by atoms with E-state index in [0.717, 1.165) is 23.1 Å². The van der Waals surface area contributed by atoms with Gasteiger partial charge >= 0.3 is 5.97 Å². The van der Waals surface area contributed by atoms with Gasteiger partial charge in [-0.15, -0.1) is 0 Å². The molecule has 3 heterocycles. The van der Waals surface area contributed by atoms with Crippen LogP contribution in [0, 0.1) is 11.8 Å². The Kier molecular flexibility index (Phi) is 6.53. The first-order valence-electron chi connectivity index (χ1n) is 12.1. The number of ether oxygens (including phenoxy) is 3. The van der Waals surface area contributed by atoms with Crippen LogP contribution in [-0.2, 0) is 11.4 Å². The zero-order valence-electron chi connectivity index (χ0n) is 20.0. The first-order chi connectivity index (χ1) is 17.0. The second kappa shape index (κ2) is 9.90. The number of benzene rings is 1. The minimum Gasteiger partial charge on any atom is -0.481 e. The van der Waals surface area contributed by atoms with E-state index in [-0.39, 0.29) is 42.4 Å². The number of hydrogen-bond acceptors (Lipinski definition) is 7. The normalized spacial score (nSPS) is 18.2. The summed E-state index contributed by atoms with van der Waals surface area (Å²) < 4.78 is 16.3. The second-order valence-electron chi connectivity index (χ2n) is 9.45. The molecule has 3 aromatic rings. The number of H-pyrrole nitrogens is 1. The van der Waals surface area contributed by atoms with Crippen LogP contribution in [0.3, 0.4) is 0 Å². The van der Waals surface area contributed by atoms with E-state index in [0.29, 0.717) is 23.3 Å². The Morgan fingerprint density at radius 2 is 2.03 bits per heavy atom. The van der Waals surface area contributed by atoms with Crippen molar-refractivity contribution in [3.63, 3.8) is 0 Å².